The van der Waals surface area contributed by atoms with Crippen LogP contribution in [0.2, 0.25) is 0 Å². The van der Waals surface area contributed by atoms with Gasteiger partial charge in [-0.05, 0) is 41.1 Å². The molecule has 0 aliphatic heterocycles. The molecular weight excluding hydrogens is 352 g/mol. The molecule has 0 saturated heterocycles. The highest BCUT2D eigenvalue weighted by molar-refractivity contribution is 9.10. The van der Waals surface area contributed by atoms with Crippen molar-refractivity contribution in [2.45, 2.75) is 6.92 Å². The minimum absolute atomic E-state index is 0.220. The van der Waals surface area contributed by atoms with E-state index in [1.807, 2.05) is 36.6 Å². The molecule has 6 heteroatoms. The highest BCUT2D eigenvalue weighted by atomic mass is 79.9. The maximum absolute atomic E-state index is 12.1. The standard InChI is InChI=1S/C15H11BrN2O2S/c1-9-17-13(8-21-9)10-3-2-4-11(7-10)18-15(19)12-5-6-20-14(12)16/h2-8H,1H3,(H,18,19). The zero-order valence-corrected chi connectivity index (χ0v) is 13.5. The molecule has 2 aromatic heterocycles. The number of aryl methyl sites for hydroxylation is 1. The van der Waals surface area contributed by atoms with Gasteiger partial charge >= 0.3 is 0 Å². The summed E-state index contributed by atoms with van der Waals surface area (Å²) in [6.45, 7) is 1.97. The molecule has 0 fully saturated rings. The summed E-state index contributed by atoms with van der Waals surface area (Å²) < 4.78 is 5.49. The van der Waals surface area contributed by atoms with Crippen LogP contribution in [-0.4, -0.2) is 10.9 Å². The van der Waals surface area contributed by atoms with Crippen molar-refractivity contribution in [2.75, 3.05) is 5.32 Å². The fraction of sp³-hybridized carbons (Fsp3) is 0.0667. The summed E-state index contributed by atoms with van der Waals surface area (Å²) in [5.41, 5.74) is 3.07. The number of amides is 1. The normalized spacial score (nSPS) is 10.6. The third-order valence-corrected chi connectivity index (χ3v) is 4.29. The molecule has 4 nitrogen and oxygen atoms in total. The molecule has 3 aromatic rings. The second-order valence-corrected chi connectivity index (χ2v) is 6.18. The van der Waals surface area contributed by atoms with E-state index in [-0.39, 0.29) is 5.91 Å². The molecule has 0 aliphatic carbocycles. The first kappa shape index (κ1) is 14.0. The maximum atomic E-state index is 12.1. The first-order valence-corrected chi connectivity index (χ1v) is 7.87. The van der Waals surface area contributed by atoms with Gasteiger partial charge in [-0.3, -0.25) is 4.79 Å². The van der Waals surface area contributed by atoms with Gasteiger partial charge in [-0.15, -0.1) is 11.3 Å². The Morgan fingerprint density at radius 2 is 2.24 bits per heavy atom. The number of hydrogen-bond donors (Lipinski definition) is 1. The average Bonchev–Trinajstić information content (AvgIpc) is 3.08. The smallest absolute Gasteiger partial charge is 0.260 e. The fourth-order valence-corrected chi connectivity index (χ4v) is 2.95. The van der Waals surface area contributed by atoms with Gasteiger partial charge < -0.3 is 9.73 Å². The van der Waals surface area contributed by atoms with Crippen LogP contribution < -0.4 is 5.32 Å². The molecule has 2 heterocycles. The number of benzene rings is 1. The molecule has 0 radical (unpaired) electrons. The molecule has 1 N–H and O–H groups in total. The van der Waals surface area contributed by atoms with E-state index >= 15 is 0 Å². The van der Waals surface area contributed by atoms with Gasteiger partial charge in [0.1, 0.15) is 0 Å². The lowest BCUT2D eigenvalue weighted by molar-refractivity contribution is 0.102. The van der Waals surface area contributed by atoms with Crippen LogP contribution in [0, 0.1) is 6.92 Å². The number of halogens is 1. The van der Waals surface area contributed by atoms with Crippen LogP contribution in [0.1, 0.15) is 15.4 Å². The van der Waals surface area contributed by atoms with Crippen molar-refractivity contribution in [3.63, 3.8) is 0 Å². The van der Waals surface area contributed by atoms with E-state index in [2.05, 4.69) is 26.2 Å². The number of hydrogen-bond acceptors (Lipinski definition) is 4. The molecule has 1 aromatic carbocycles. The minimum atomic E-state index is -0.220. The Bertz CT molecular complexity index is 794. The van der Waals surface area contributed by atoms with Crippen molar-refractivity contribution in [1.82, 2.24) is 4.98 Å². The SMILES string of the molecule is Cc1nc(-c2cccc(NC(=O)c3ccoc3Br)c2)cs1. The fourth-order valence-electron chi connectivity index (χ4n) is 1.91. The molecule has 0 bridgehead atoms. The lowest BCUT2D eigenvalue weighted by Crippen LogP contribution is -2.11. The maximum Gasteiger partial charge on any atom is 0.260 e. The summed E-state index contributed by atoms with van der Waals surface area (Å²) in [6, 6.07) is 9.23. The van der Waals surface area contributed by atoms with Crippen molar-refractivity contribution in [3.8, 4) is 11.3 Å². The minimum Gasteiger partial charge on any atom is -0.457 e. The van der Waals surface area contributed by atoms with E-state index in [1.54, 1.807) is 17.4 Å². The molecule has 106 valence electrons. The number of anilines is 1. The number of thiazole rings is 1. The van der Waals surface area contributed by atoms with Gasteiger partial charge in [0.25, 0.3) is 5.91 Å². The third-order valence-electron chi connectivity index (χ3n) is 2.90. The Hall–Kier alpha value is -1.92. The predicted octanol–water partition coefficient (Wildman–Crippen LogP) is 4.73. The zero-order chi connectivity index (χ0) is 14.8. The third kappa shape index (κ3) is 3.06. The first-order valence-electron chi connectivity index (χ1n) is 6.20. The molecule has 0 aliphatic rings. The molecule has 21 heavy (non-hydrogen) atoms. The summed E-state index contributed by atoms with van der Waals surface area (Å²) in [7, 11) is 0. The van der Waals surface area contributed by atoms with Crippen LogP contribution in [0.3, 0.4) is 0 Å². The highest BCUT2D eigenvalue weighted by Crippen LogP contribution is 2.25. The number of carbonyl (C=O) groups excluding carboxylic acids is 1. The molecule has 3 rings (SSSR count). The second-order valence-electron chi connectivity index (χ2n) is 4.39. The van der Waals surface area contributed by atoms with Crippen LogP contribution in [0.25, 0.3) is 11.3 Å². The molecule has 0 spiro atoms. The van der Waals surface area contributed by atoms with Gasteiger partial charge in [0.05, 0.1) is 22.5 Å². The van der Waals surface area contributed by atoms with Crippen LogP contribution in [0.4, 0.5) is 5.69 Å². The zero-order valence-electron chi connectivity index (χ0n) is 11.1. The second kappa shape index (κ2) is 5.83. The predicted molar refractivity (Wildman–Crippen MR) is 86.6 cm³/mol. The number of rotatable bonds is 3. The molecule has 0 unspecified atom stereocenters. The van der Waals surface area contributed by atoms with Crippen molar-refractivity contribution in [2.24, 2.45) is 0 Å². The highest BCUT2D eigenvalue weighted by Gasteiger charge is 2.13. The van der Waals surface area contributed by atoms with E-state index < -0.39 is 0 Å². The Labute approximate surface area is 134 Å². The lowest BCUT2D eigenvalue weighted by Gasteiger charge is -2.05. The van der Waals surface area contributed by atoms with Gasteiger partial charge in [-0.2, -0.15) is 0 Å². The Balaban J connectivity index is 1.84. The van der Waals surface area contributed by atoms with E-state index in [0.717, 1.165) is 22.0 Å². The quantitative estimate of drug-likeness (QED) is 0.732. The van der Waals surface area contributed by atoms with Crippen LogP contribution in [0.5, 0.6) is 0 Å². The summed E-state index contributed by atoms with van der Waals surface area (Å²) in [6.07, 6.45) is 1.47. The van der Waals surface area contributed by atoms with Crippen molar-refractivity contribution in [3.05, 3.63) is 57.2 Å². The Morgan fingerprint density at radius 1 is 1.38 bits per heavy atom. The van der Waals surface area contributed by atoms with E-state index in [4.69, 9.17) is 4.42 Å². The summed E-state index contributed by atoms with van der Waals surface area (Å²) in [5.74, 6) is -0.220. The van der Waals surface area contributed by atoms with Gasteiger partial charge in [0.15, 0.2) is 4.67 Å². The van der Waals surface area contributed by atoms with E-state index in [0.29, 0.717) is 10.2 Å². The van der Waals surface area contributed by atoms with Gasteiger partial charge in [-0.25, -0.2) is 4.98 Å². The van der Waals surface area contributed by atoms with E-state index in [1.165, 1.54) is 6.26 Å². The Morgan fingerprint density at radius 3 is 2.90 bits per heavy atom. The molecule has 1 amide bonds. The monoisotopic (exact) mass is 362 g/mol. The van der Waals surface area contributed by atoms with Gasteiger partial charge in [0.2, 0.25) is 0 Å². The topological polar surface area (TPSA) is 55.1 Å². The number of nitrogens with zero attached hydrogens (tertiary/aromatic N) is 1. The number of nitrogens with one attached hydrogen (secondary N) is 1. The molecule has 0 atom stereocenters. The van der Waals surface area contributed by atoms with Crippen LogP contribution >= 0.6 is 27.3 Å². The summed E-state index contributed by atoms with van der Waals surface area (Å²) in [5, 5.41) is 5.87. The van der Waals surface area contributed by atoms with E-state index in [9.17, 15) is 4.79 Å². The largest absolute Gasteiger partial charge is 0.457 e. The summed E-state index contributed by atoms with van der Waals surface area (Å²) in [4.78, 5) is 16.6. The number of furan rings is 1. The Kier molecular flexibility index (Phi) is 3.90. The summed E-state index contributed by atoms with van der Waals surface area (Å²) >= 11 is 4.80. The average molecular weight is 363 g/mol. The van der Waals surface area contributed by atoms with Crippen LogP contribution in [0.15, 0.2) is 51.1 Å². The lowest BCUT2D eigenvalue weighted by atomic mass is 10.1. The number of carbonyl (C=O) groups is 1. The van der Waals surface area contributed by atoms with Gasteiger partial charge in [-0.1, -0.05) is 12.1 Å². The van der Waals surface area contributed by atoms with Crippen molar-refractivity contribution >= 4 is 38.9 Å². The first-order chi connectivity index (χ1) is 10.1. The molecule has 0 saturated carbocycles. The number of aromatic nitrogens is 1. The molecular formula is C15H11BrN2O2S. The van der Waals surface area contributed by atoms with Gasteiger partial charge in [0, 0.05) is 16.6 Å². The van der Waals surface area contributed by atoms with Crippen molar-refractivity contribution < 1.29 is 9.21 Å². The van der Waals surface area contributed by atoms with Crippen molar-refractivity contribution in [1.29, 1.82) is 0 Å². The van der Waals surface area contributed by atoms with Crippen LogP contribution in [-0.2, 0) is 0 Å².